The van der Waals surface area contributed by atoms with Crippen LogP contribution in [-0.4, -0.2) is 53.7 Å². The molecular weight excluding hydrogens is 322 g/mol. The topological polar surface area (TPSA) is 36.3 Å². The molecule has 2 aromatic carbocycles. The third-order valence-corrected chi connectivity index (χ3v) is 5.18. The summed E-state index contributed by atoms with van der Waals surface area (Å²) in [6, 6.07) is 19.1. The molecule has 4 rings (SSSR count). The van der Waals surface area contributed by atoms with E-state index in [1.54, 1.807) is 0 Å². The molecule has 1 N–H and O–H groups in total. The van der Waals surface area contributed by atoms with Gasteiger partial charge in [0.05, 0.1) is 11.0 Å². The monoisotopic (exact) mass is 349 g/mol. The highest BCUT2D eigenvalue weighted by molar-refractivity contribution is 5.78. The maximum atomic E-state index is 4.74. The first-order valence-corrected chi connectivity index (χ1v) is 9.56. The Hall–Kier alpha value is -2.53. The van der Waals surface area contributed by atoms with Crippen LogP contribution in [0.25, 0.3) is 11.0 Å². The molecule has 0 aliphatic carbocycles. The summed E-state index contributed by atoms with van der Waals surface area (Å²) in [5, 5.41) is 3.54. The largest absolute Gasteiger partial charge is 0.369 e. The van der Waals surface area contributed by atoms with Crippen LogP contribution < -0.4 is 10.2 Å². The second kappa shape index (κ2) is 7.79. The first-order chi connectivity index (χ1) is 12.8. The smallest absolute Gasteiger partial charge is 0.203 e. The lowest BCUT2D eigenvalue weighted by Crippen LogP contribution is -2.47. The third kappa shape index (κ3) is 3.53. The minimum atomic E-state index is 0.925. The molecule has 0 unspecified atom stereocenters. The minimum absolute atomic E-state index is 0.925. The molecule has 0 amide bonds. The van der Waals surface area contributed by atoms with Crippen molar-refractivity contribution >= 4 is 22.7 Å². The summed E-state index contributed by atoms with van der Waals surface area (Å²) in [6.07, 6.45) is 0. The van der Waals surface area contributed by atoms with E-state index in [0.29, 0.717) is 0 Å². The summed E-state index contributed by atoms with van der Waals surface area (Å²) in [5.41, 5.74) is 3.60. The SMILES string of the molecule is CCn1c(NCCN2CCN(c3ccccc3)CC2)nc2ccccc21. The van der Waals surface area contributed by atoms with Gasteiger partial charge < -0.3 is 14.8 Å². The highest BCUT2D eigenvalue weighted by Gasteiger charge is 2.17. The summed E-state index contributed by atoms with van der Waals surface area (Å²) in [5.74, 6) is 0.983. The molecule has 0 saturated carbocycles. The number of aryl methyl sites for hydroxylation is 1. The summed E-state index contributed by atoms with van der Waals surface area (Å²) in [6.45, 7) is 9.49. The van der Waals surface area contributed by atoms with Crippen molar-refractivity contribution in [1.82, 2.24) is 14.5 Å². The van der Waals surface area contributed by atoms with Gasteiger partial charge in [-0.1, -0.05) is 30.3 Å². The number of imidazole rings is 1. The molecule has 0 spiro atoms. The summed E-state index contributed by atoms with van der Waals surface area (Å²) >= 11 is 0. The number of nitrogens with one attached hydrogen (secondary N) is 1. The van der Waals surface area contributed by atoms with Crippen LogP contribution in [0.1, 0.15) is 6.92 Å². The Bertz CT molecular complexity index is 834. The Labute approximate surface area is 155 Å². The van der Waals surface area contributed by atoms with Crippen LogP contribution in [0, 0.1) is 0 Å². The minimum Gasteiger partial charge on any atom is -0.369 e. The highest BCUT2D eigenvalue weighted by atomic mass is 15.3. The Kier molecular flexibility index (Phi) is 5.07. The van der Waals surface area contributed by atoms with Gasteiger partial charge in [-0.3, -0.25) is 4.90 Å². The van der Waals surface area contributed by atoms with Crippen LogP contribution in [0.4, 0.5) is 11.6 Å². The molecule has 1 saturated heterocycles. The summed E-state index contributed by atoms with van der Waals surface area (Å²) in [4.78, 5) is 9.75. The van der Waals surface area contributed by atoms with E-state index >= 15 is 0 Å². The Balaban J connectivity index is 1.29. The van der Waals surface area contributed by atoms with Gasteiger partial charge in [-0.2, -0.15) is 0 Å². The van der Waals surface area contributed by atoms with Crippen LogP contribution in [-0.2, 0) is 6.54 Å². The molecule has 1 aliphatic rings. The number of piperazine rings is 1. The van der Waals surface area contributed by atoms with E-state index in [1.807, 2.05) is 6.07 Å². The summed E-state index contributed by atoms with van der Waals surface area (Å²) in [7, 11) is 0. The lowest BCUT2D eigenvalue weighted by molar-refractivity contribution is 0.267. The van der Waals surface area contributed by atoms with Gasteiger partial charge in [-0.15, -0.1) is 0 Å². The number of rotatable bonds is 6. The van der Waals surface area contributed by atoms with E-state index in [9.17, 15) is 0 Å². The third-order valence-electron chi connectivity index (χ3n) is 5.18. The van der Waals surface area contributed by atoms with Crippen molar-refractivity contribution < 1.29 is 0 Å². The van der Waals surface area contributed by atoms with Crippen molar-refractivity contribution in [2.75, 3.05) is 49.5 Å². The first kappa shape index (κ1) is 16.9. The number of hydrogen-bond acceptors (Lipinski definition) is 4. The van der Waals surface area contributed by atoms with Gasteiger partial charge in [0.2, 0.25) is 5.95 Å². The van der Waals surface area contributed by atoms with Crippen LogP contribution in [0.15, 0.2) is 54.6 Å². The molecule has 5 heteroatoms. The average molecular weight is 349 g/mol. The van der Waals surface area contributed by atoms with E-state index in [1.165, 1.54) is 11.2 Å². The van der Waals surface area contributed by atoms with Crippen molar-refractivity contribution in [1.29, 1.82) is 0 Å². The number of aromatic nitrogens is 2. The molecule has 136 valence electrons. The van der Waals surface area contributed by atoms with Crippen molar-refractivity contribution in [2.24, 2.45) is 0 Å². The fraction of sp³-hybridized carbons (Fsp3) is 0.381. The number of hydrogen-bond donors (Lipinski definition) is 1. The number of fused-ring (bicyclic) bond motifs is 1. The molecule has 3 aromatic rings. The van der Waals surface area contributed by atoms with Crippen molar-refractivity contribution in [3.05, 3.63) is 54.6 Å². The van der Waals surface area contributed by atoms with Gasteiger partial charge in [-0.05, 0) is 31.2 Å². The van der Waals surface area contributed by atoms with Gasteiger partial charge in [0, 0.05) is 51.5 Å². The predicted molar refractivity (Wildman–Crippen MR) is 109 cm³/mol. The Morgan fingerprint density at radius 3 is 2.42 bits per heavy atom. The predicted octanol–water partition coefficient (Wildman–Crippen LogP) is 3.29. The first-order valence-electron chi connectivity index (χ1n) is 9.56. The second-order valence-electron chi connectivity index (χ2n) is 6.76. The molecule has 26 heavy (non-hydrogen) atoms. The fourth-order valence-electron chi connectivity index (χ4n) is 3.72. The summed E-state index contributed by atoms with van der Waals surface area (Å²) < 4.78 is 2.25. The molecule has 0 radical (unpaired) electrons. The zero-order chi connectivity index (χ0) is 17.8. The Morgan fingerprint density at radius 2 is 1.65 bits per heavy atom. The number of para-hydroxylation sites is 3. The molecule has 1 aromatic heterocycles. The zero-order valence-corrected chi connectivity index (χ0v) is 15.4. The number of anilines is 2. The van der Waals surface area contributed by atoms with Crippen molar-refractivity contribution in [3.8, 4) is 0 Å². The van der Waals surface area contributed by atoms with Crippen LogP contribution in [0.5, 0.6) is 0 Å². The highest BCUT2D eigenvalue weighted by Crippen LogP contribution is 2.19. The fourth-order valence-corrected chi connectivity index (χ4v) is 3.72. The van der Waals surface area contributed by atoms with Gasteiger partial charge in [-0.25, -0.2) is 4.98 Å². The molecule has 0 atom stereocenters. The maximum Gasteiger partial charge on any atom is 0.203 e. The lowest BCUT2D eigenvalue weighted by Gasteiger charge is -2.36. The van der Waals surface area contributed by atoms with Crippen LogP contribution >= 0.6 is 0 Å². The van der Waals surface area contributed by atoms with Crippen LogP contribution in [0.3, 0.4) is 0 Å². The number of benzene rings is 2. The molecule has 5 nitrogen and oxygen atoms in total. The average Bonchev–Trinajstić information content (AvgIpc) is 3.06. The molecule has 1 aliphatic heterocycles. The quantitative estimate of drug-likeness (QED) is 0.741. The molecule has 0 bridgehead atoms. The van der Waals surface area contributed by atoms with E-state index in [4.69, 9.17) is 4.98 Å². The Morgan fingerprint density at radius 1 is 0.923 bits per heavy atom. The van der Waals surface area contributed by atoms with Crippen molar-refractivity contribution in [2.45, 2.75) is 13.5 Å². The lowest BCUT2D eigenvalue weighted by atomic mass is 10.2. The molecule has 2 heterocycles. The van der Waals surface area contributed by atoms with E-state index in [2.05, 4.69) is 75.1 Å². The standard InChI is InChI=1S/C21H27N5/c1-2-26-20-11-7-6-10-19(20)23-21(26)22-12-13-24-14-16-25(17-15-24)18-8-4-3-5-9-18/h3-11H,2,12-17H2,1H3,(H,22,23). The van der Waals surface area contributed by atoms with Gasteiger partial charge in [0.15, 0.2) is 0 Å². The maximum absolute atomic E-state index is 4.74. The van der Waals surface area contributed by atoms with Crippen molar-refractivity contribution in [3.63, 3.8) is 0 Å². The molecule has 1 fully saturated rings. The van der Waals surface area contributed by atoms with Gasteiger partial charge in [0.25, 0.3) is 0 Å². The number of nitrogens with zero attached hydrogens (tertiary/aromatic N) is 4. The van der Waals surface area contributed by atoms with E-state index < -0.39 is 0 Å². The van der Waals surface area contributed by atoms with E-state index in [-0.39, 0.29) is 0 Å². The normalized spacial score (nSPS) is 15.5. The van der Waals surface area contributed by atoms with Gasteiger partial charge in [0.1, 0.15) is 0 Å². The second-order valence-corrected chi connectivity index (χ2v) is 6.76. The molecular formula is C21H27N5. The van der Waals surface area contributed by atoms with Crippen LogP contribution in [0.2, 0.25) is 0 Å². The zero-order valence-electron chi connectivity index (χ0n) is 15.4. The van der Waals surface area contributed by atoms with Gasteiger partial charge >= 0.3 is 0 Å². The van der Waals surface area contributed by atoms with E-state index in [0.717, 1.165) is 57.3 Å².